The van der Waals surface area contributed by atoms with Crippen LogP contribution in [0.25, 0.3) is 0 Å². The highest BCUT2D eigenvalue weighted by Crippen LogP contribution is 2.34. The van der Waals surface area contributed by atoms with E-state index < -0.39 is 11.7 Å². The number of hydrogen-bond acceptors (Lipinski definition) is 4. The number of carbonyl (C=O) groups excluding carboxylic acids is 1. The number of piperidine rings is 2. The van der Waals surface area contributed by atoms with Crippen molar-refractivity contribution in [2.45, 2.75) is 51.4 Å². The Morgan fingerprint density at radius 2 is 1.68 bits per heavy atom. The quantitative estimate of drug-likeness (QED) is 0.594. The molecule has 3 heterocycles. The van der Waals surface area contributed by atoms with Crippen LogP contribution in [0.1, 0.15) is 48.8 Å². The number of likely N-dealkylation sites (tertiary alicyclic amines) is 1. The second-order valence-electron chi connectivity index (χ2n) is 9.16. The Morgan fingerprint density at radius 1 is 1.03 bits per heavy atom. The maximum Gasteiger partial charge on any atom is 0.417 e. The van der Waals surface area contributed by atoms with Crippen molar-refractivity contribution in [2.75, 3.05) is 31.1 Å². The zero-order valence-electron chi connectivity index (χ0n) is 19.1. The Morgan fingerprint density at radius 3 is 2.29 bits per heavy atom. The summed E-state index contributed by atoms with van der Waals surface area (Å²) in [4.78, 5) is 20.9. The van der Waals surface area contributed by atoms with Crippen molar-refractivity contribution in [3.05, 3.63) is 58.2 Å². The predicted molar refractivity (Wildman–Crippen MR) is 127 cm³/mol. The molecule has 9 heteroatoms. The molecule has 2 saturated heterocycles. The smallest absolute Gasteiger partial charge is 0.355 e. The topological polar surface area (TPSA) is 48.5 Å². The van der Waals surface area contributed by atoms with Gasteiger partial charge >= 0.3 is 6.18 Å². The average Bonchev–Trinajstić information content (AvgIpc) is 2.83. The van der Waals surface area contributed by atoms with Gasteiger partial charge in [0.15, 0.2) is 0 Å². The molecule has 1 aromatic heterocycles. The van der Waals surface area contributed by atoms with Gasteiger partial charge in [0.1, 0.15) is 5.82 Å². The van der Waals surface area contributed by atoms with E-state index in [1.54, 1.807) is 0 Å². The van der Waals surface area contributed by atoms with Crippen LogP contribution in [-0.4, -0.2) is 42.0 Å². The third-order valence-corrected chi connectivity index (χ3v) is 6.94. The van der Waals surface area contributed by atoms with Crippen LogP contribution >= 0.6 is 11.6 Å². The van der Waals surface area contributed by atoms with Crippen LogP contribution in [0.2, 0.25) is 5.02 Å². The Hall–Kier alpha value is -2.32. The molecule has 2 fully saturated rings. The van der Waals surface area contributed by atoms with Crippen molar-refractivity contribution in [1.29, 1.82) is 0 Å². The third-order valence-electron chi connectivity index (χ3n) is 6.66. The van der Waals surface area contributed by atoms with E-state index in [4.69, 9.17) is 11.6 Å². The monoisotopic (exact) mass is 494 g/mol. The van der Waals surface area contributed by atoms with Crippen LogP contribution in [-0.2, 0) is 24.1 Å². The molecule has 0 atom stereocenters. The van der Waals surface area contributed by atoms with Crippen molar-refractivity contribution in [1.82, 2.24) is 15.2 Å². The van der Waals surface area contributed by atoms with Crippen LogP contribution in [0.5, 0.6) is 0 Å². The molecule has 0 bridgehead atoms. The van der Waals surface area contributed by atoms with E-state index in [-0.39, 0.29) is 16.8 Å². The normalized spacial score (nSPS) is 18.2. The first-order valence-electron chi connectivity index (χ1n) is 11.8. The number of anilines is 1. The first-order chi connectivity index (χ1) is 16.3. The lowest BCUT2D eigenvalue weighted by Crippen LogP contribution is -2.40. The second kappa shape index (κ2) is 11.0. The summed E-state index contributed by atoms with van der Waals surface area (Å²) in [6, 6.07) is 9.31. The van der Waals surface area contributed by atoms with Crippen LogP contribution in [0.3, 0.4) is 0 Å². The number of aromatic nitrogens is 1. The predicted octanol–water partition coefficient (Wildman–Crippen LogP) is 5.27. The first kappa shape index (κ1) is 24.8. The summed E-state index contributed by atoms with van der Waals surface area (Å²) in [5, 5.41) is 3.00. The van der Waals surface area contributed by atoms with Gasteiger partial charge in [0.25, 0.3) is 0 Å². The highest BCUT2D eigenvalue weighted by atomic mass is 35.5. The van der Waals surface area contributed by atoms with E-state index in [0.29, 0.717) is 38.3 Å². The molecule has 1 N–H and O–H groups in total. The van der Waals surface area contributed by atoms with E-state index >= 15 is 0 Å². The van der Waals surface area contributed by atoms with Gasteiger partial charge in [0, 0.05) is 38.3 Å². The van der Waals surface area contributed by atoms with Gasteiger partial charge in [-0.25, -0.2) is 4.98 Å². The minimum Gasteiger partial charge on any atom is -0.355 e. The van der Waals surface area contributed by atoms with E-state index in [1.165, 1.54) is 24.8 Å². The van der Waals surface area contributed by atoms with Crippen LogP contribution < -0.4 is 10.2 Å². The zero-order chi connectivity index (χ0) is 24.1. The molecule has 2 aliphatic heterocycles. The lowest BCUT2D eigenvalue weighted by molar-refractivity contribution is -0.137. The summed E-state index contributed by atoms with van der Waals surface area (Å²) >= 11 is 6.06. The fourth-order valence-corrected chi connectivity index (χ4v) is 4.93. The van der Waals surface area contributed by atoms with Crippen molar-refractivity contribution in [2.24, 2.45) is 5.92 Å². The number of nitrogens with one attached hydrogen (secondary N) is 1. The van der Waals surface area contributed by atoms with Gasteiger partial charge in [-0.05, 0) is 56.0 Å². The molecule has 4 rings (SSSR count). The highest BCUT2D eigenvalue weighted by molar-refractivity contribution is 6.33. The molecule has 2 aromatic rings. The Balaban J connectivity index is 1.23. The summed E-state index contributed by atoms with van der Waals surface area (Å²) in [5.74, 6) is 0.199. The number of nitrogens with zero attached hydrogens (tertiary/aromatic N) is 3. The molecule has 0 aliphatic carbocycles. The van der Waals surface area contributed by atoms with Crippen LogP contribution in [0.4, 0.5) is 19.0 Å². The van der Waals surface area contributed by atoms with E-state index in [2.05, 4.69) is 39.5 Å². The molecule has 184 valence electrons. The lowest BCUT2D eigenvalue weighted by atomic mass is 9.95. The molecule has 1 amide bonds. The standard InChI is InChI=1S/C25H30ClF3N4O/c26-22-14-21(25(27,28)29)16-30-23(22)33-12-8-20(9-13-33)24(34)31-15-18-4-6-19(7-5-18)17-32-10-2-1-3-11-32/h4-7,14,16,20H,1-3,8-13,15,17H2,(H,31,34). The lowest BCUT2D eigenvalue weighted by Gasteiger charge is -2.32. The molecule has 0 radical (unpaired) electrons. The Labute approximate surface area is 203 Å². The summed E-state index contributed by atoms with van der Waals surface area (Å²) in [5.41, 5.74) is 1.49. The number of alkyl halides is 3. The molecule has 2 aliphatic rings. The number of carbonyl (C=O) groups is 1. The summed E-state index contributed by atoms with van der Waals surface area (Å²) in [7, 11) is 0. The molecule has 0 unspecified atom stereocenters. The van der Waals surface area contributed by atoms with Gasteiger partial charge in [0.05, 0.1) is 10.6 Å². The van der Waals surface area contributed by atoms with Gasteiger partial charge in [-0.3, -0.25) is 9.69 Å². The van der Waals surface area contributed by atoms with E-state index in [1.807, 2.05) is 4.90 Å². The maximum atomic E-state index is 12.8. The van der Waals surface area contributed by atoms with Crippen LogP contribution in [0.15, 0.2) is 36.5 Å². The Kier molecular flexibility index (Phi) is 7.99. The molecular formula is C25H30ClF3N4O. The molecule has 5 nitrogen and oxygen atoms in total. The number of pyridine rings is 1. The van der Waals surface area contributed by atoms with Crippen molar-refractivity contribution in [3.8, 4) is 0 Å². The number of hydrogen-bond donors (Lipinski definition) is 1. The second-order valence-corrected chi connectivity index (χ2v) is 9.57. The van der Waals surface area contributed by atoms with Gasteiger partial charge in [-0.15, -0.1) is 0 Å². The minimum atomic E-state index is -4.48. The molecule has 34 heavy (non-hydrogen) atoms. The van der Waals surface area contributed by atoms with Gasteiger partial charge < -0.3 is 10.2 Å². The fraction of sp³-hybridized carbons (Fsp3) is 0.520. The fourth-order valence-electron chi connectivity index (χ4n) is 4.64. The molecule has 1 aromatic carbocycles. The SMILES string of the molecule is O=C(NCc1ccc(CN2CCCCC2)cc1)C1CCN(c2ncc(C(F)(F)F)cc2Cl)CC1. The third kappa shape index (κ3) is 6.42. The summed E-state index contributed by atoms with van der Waals surface area (Å²) < 4.78 is 38.5. The number of halogens is 4. The molecular weight excluding hydrogens is 465 g/mol. The molecule has 0 spiro atoms. The van der Waals surface area contributed by atoms with Gasteiger partial charge in [0.2, 0.25) is 5.91 Å². The number of rotatable bonds is 6. The minimum absolute atomic E-state index is 0.00326. The van der Waals surface area contributed by atoms with Crippen molar-refractivity contribution < 1.29 is 18.0 Å². The summed E-state index contributed by atoms with van der Waals surface area (Å²) in [6.07, 6.45) is 1.40. The van der Waals surface area contributed by atoms with Gasteiger partial charge in [-0.2, -0.15) is 13.2 Å². The van der Waals surface area contributed by atoms with E-state index in [0.717, 1.165) is 37.5 Å². The van der Waals surface area contributed by atoms with Crippen molar-refractivity contribution in [3.63, 3.8) is 0 Å². The van der Waals surface area contributed by atoms with E-state index in [9.17, 15) is 18.0 Å². The average molecular weight is 495 g/mol. The Bertz CT molecular complexity index is 969. The highest BCUT2D eigenvalue weighted by Gasteiger charge is 2.33. The van der Waals surface area contributed by atoms with Gasteiger partial charge in [-0.1, -0.05) is 42.3 Å². The molecule has 0 saturated carbocycles. The number of benzene rings is 1. The zero-order valence-corrected chi connectivity index (χ0v) is 19.8. The summed E-state index contributed by atoms with van der Waals surface area (Å²) in [6.45, 7) is 4.82. The maximum absolute atomic E-state index is 12.8. The largest absolute Gasteiger partial charge is 0.417 e. The van der Waals surface area contributed by atoms with Crippen molar-refractivity contribution >= 4 is 23.3 Å². The first-order valence-corrected chi connectivity index (χ1v) is 12.2. The number of amides is 1. The van der Waals surface area contributed by atoms with Crippen LogP contribution in [0, 0.1) is 5.92 Å².